The summed E-state index contributed by atoms with van der Waals surface area (Å²) in [6, 6.07) is 7.78. The molecule has 0 radical (unpaired) electrons. The fourth-order valence-electron chi connectivity index (χ4n) is 1.64. The predicted octanol–water partition coefficient (Wildman–Crippen LogP) is 2.53. The molecule has 0 saturated carbocycles. The van der Waals surface area contributed by atoms with E-state index in [0.717, 1.165) is 16.8 Å². The number of benzene rings is 1. The van der Waals surface area contributed by atoms with E-state index < -0.39 is 0 Å². The van der Waals surface area contributed by atoms with Gasteiger partial charge in [-0.25, -0.2) is 0 Å². The second kappa shape index (κ2) is 4.85. The summed E-state index contributed by atoms with van der Waals surface area (Å²) in [5.74, 6) is 0. The molecule has 2 rings (SSSR count). The molecular formula is C12H12ClN3S. The molecule has 2 N–H and O–H groups in total. The van der Waals surface area contributed by atoms with E-state index in [0.29, 0.717) is 16.6 Å². The number of nitrogens with zero attached hydrogens (tertiary/aromatic N) is 2. The van der Waals surface area contributed by atoms with Gasteiger partial charge in [-0.15, -0.1) is 0 Å². The lowest BCUT2D eigenvalue weighted by atomic mass is 10.1. The highest BCUT2D eigenvalue weighted by Gasteiger charge is 2.08. The molecule has 1 aromatic carbocycles. The number of aromatic nitrogens is 2. The third kappa shape index (κ3) is 2.48. The molecule has 0 fully saturated rings. The SMILES string of the molecule is Cc1c(Cl)cnn1Cc1ccccc1C(N)=S. The van der Waals surface area contributed by atoms with Crippen LogP contribution in [0.5, 0.6) is 0 Å². The largest absolute Gasteiger partial charge is 0.389 e. The molecule has 0 atom stereocenters. The molecule has 0 spiro atoms. The maximum atomic E-state index is 5.96. The molecule has 2 aromatic rings. The average Bonchev–Trinajstić information content (AvgIpc) is 2.61. The molecule has 0 aliphatic heterocycles. The summed E-state index contributed by atoms with van der Waals surface area (Å²) in [5.41, 5.74) is 8.55. The van der Waals surface area contributed by atoms with E-state index in [-0.39, 0.29) is 0 Å². The summed E-state index contributed by atoms with van der Waals surface area (Å²) in [4.78, 5) is 0.400. The van der Waals surface area contributed by atoms with Gasteiger partial charge < -0.3 is 5.73 Å². The van der Waals surface area contributed by atoms with Crippen molar-refractivity contribution in [1.29, 1.82) is 0 Å². The minimum absolute atomic E-state index is 0.400. The fourth-order valence-corrected chi connectivity index (χ4v) is 1.98. The van der Waals surface area contributed by atoms with Crippen LogP contribution in [0.25, 0.3) is 0 Å². The van der Waals surface area contributed by atoms with Gasteiger partial charge in [-0.1, -0.05) is 48.1 Å². The lowest BCUT2D eigenvalue weighted by molar-refractivity contribution is 0.664. The van der Waals surface area contributed by atoms with E-state index >= 15 is 0 Å². The zero-order valence-corrected chi connectivity index (χ0v) is 10.9. The van der Waals surface area contributed by atoms with Crippen molar-refractivity contribution >= 4 is 28.8 Å². The first-order valence-electron chi connectivity index (χ1n) is 5.15. The third-order valence-electron chi connectivity index (χ3n) is 2.65. The van der Waals surface area contributed by atoms with Crippen LogP contribution in [0.15, 0.2) is 30.5 Å². The Morgan fingerprint density at radius 1 is 1.47 bits per heavy atom. The van der Waals surface area contributed by atoms with Crippen LogP contribution < -0.4 is 5.73 Å². The van der Waals surface area contributed by atoms with Crippen molar-refractivity contribution in [3.63, 3.8) is 0 Å². The fraction of sp³-hybridized carbons (Fsp3) is 0.167. The molecule has 88 valence electrons. The van der Waals surface area contributed by atoms with E-state index in [1.807, 2.05) is 35.9 Å². The Labute approximate surface area is 110 Å². The van der Waals surface area contributed by atoms with Gasteiger partial charge in [-0.05, 0) is 12.5 Å². The van der Waals surface area contributed by atoms with Gasteiger partial charge in [0, 0.05) is 5.56 Å². The molecule has 0 aliphatic carbocycles. The van der Waals surface area contributed by atoms with Crippen molar-refractivity contribution in [2.45, 2.75) is 13.5 Å². The second-order valence-corrected chi connectivity index (χ2v) is 4.60. The van der Waals surface area contributed by atoms with Crippen LogP contribution in [0.1, 0.15) is 16.8 Å². The van der Waals surface area contributed by atoms with Gasteiger partial charge in [-0.3, -0.25) is 4.68 Å². The lowest BCUT2D eigenvalue weighted by Crippen LogP contribution is -2.14. The van der Waals surface area contributed by atoms with Crippen LogP contribution in [-0.4, -0.2) is 14.8 Å². The summed E-state index contributed by atoms with van der Waals surface area (Å²) in [7, 11) is 0. The number of hydrogen-bond acceptors (Lipinski definition) is 2. The minimum atomic E-state index is 0.400. The Kier molecular flexibility index (Phi) is 3.45. The van der Waals surface area contributed by atoms with E-state index in [1.54, 1.807) is 6.20 Å². The Morgan fingerprint density at radius 2 is 2.18 bits per heavy atom. The number of nitrogens with two attached hydrogens (primary N) is 1. The minimum Gasteiger partial charge on any atom is -0.389 e. The third-order valence-corrected chi connectivity index (χ3v) is 3.24. The van der Waals surface area contributed by atoms with Crippen LogP contribution in [-0.2, 0) is 6.54 Å². The van der Waals surface area contributed by atoms with Gasteiger partial charge in [0.1, 0.15) is 4.99 Å². The van der Waals surface area contributed by atoms with Crippen molar-refractivity contribution in [3.8, 4) is 0 Å². The Bertz CT molecular complexity index is 563. The molecule has 0 aliphatic rings. The monoisotopic (exact) mass is 265 g/mol. The van der Waals surface area contributed by atoms with Gasteiger partial charge in [0.2, 0.25) is 0 Å². The van der Waals surface area contributed by atoms with Gasteiger partial charge in [-0.2, -0.15) is 5.10 Å². The molecule has 0 bridgehead atoms. The zero-order chi connectivity index (χ0) is 12.4. The first-order valence-corrected chi connectivity index (χ1v) is 5.94. The number of rotatable bonds is 3. The standard InChI is InChI=1S/C12H12ClN3S/c1-8-11(13)6-15-16(8)7-9-4-2-3-5-10(9)12(14)17/h2-6H,7H2,1H3,(H2,14,17). The Hall–Kier alpha value is -1.39. The summed E-state index contributed by atoms with van der Waals surface area (Å²) >= 11 is 11.0. The lowest BCUT2D eigenvalue weighted by Gasteiger charge is -2.09. The van der Waals surface area contributed by atoms with Crippen molar-refractivity contribution in [3.05, 3.63) is 52.3 Å². The maximum Gasteiger partial charge on any atom is 0.104 e. The van der Waals surface area contributed by atoms with Crippen molar-refractivity contribution in [1.82, 2.24) is 9.78 Å². The van der Waals surface area contributed by atoms with Crippen LogP contribution in [0.3, 0.4) is 0 Å². The molecule has 1 aromatic heterocycles. The van der Waals surface area contributed by atoms with Crippen LogP contribution in [0.4, 0.5) is 0 Å². The quantitative estimate of drug-likeness (QED) is 0.868. The molecule has 0 unspecified atom stereocenters. The van der Waals surface area contributed by atoms with Gasteiger partial charge >= 0.3 is 0 Å². The molecule has 0 saturated heterocycles. The Balaban J connectivity index is 2.36. The molecule has 17 heavy (non-hydrogen) atoms. The Morgan fingerprint density at radius 3 is 2.76 bits per heavy atom. The van der Waals surface area contributed by atoms with Crippen molar-refractivity contribution < 1.29 is 0 Å². The van der Waals surface area contributed by atoms with Crippen LogP contribution >= 0.6 is 23.8 Å². The first kappa shape index (κ1) is 12.1. The summed E-state index contributed by atoms with van der Waals surface area (Å²) in [6.45, 7) is 2.55. The van der Waals surface area contributed by atoms with E-state index in [4.69, 9.17) is 29.6 Å². The highest BCUT2D eigenvalue weighted by molar-refractivity contribution is 7.80. The van der Waals surface area contributed by atoms with Crippen LogP contribution in [0, 0.1) is 6.92 Å². The molecule has 3 nitrogen and oxygen atoms in total. The molecular weight excluding hydrogens is 254 g/mol. The number of thiocarbonyl (C=S) groups is 1. The second-order valence-electron chi connectivity index (χ2n) is 3.76. The molecule has 5 heteroatoms. The van der Waals surface area contributed by atoms with E-state index in [1.165, 1.54) is 0 Å². The van der Waals surface area contributed by atoms with Gasteiger partial charge in [0.15, 0.2) is 0 Å². The van der Waals surface area contributed by atoms with Crippen molar-refractivity contribution in [2.24, 2.45) is 5.73 Å². The topological polar surface area (TPSA) is 43.8 Å². The molecule has 0 amide bonds. The normalized spacial score (nSPS) is 10.5. The highest BCUT2D eigenvalue weighted by Crippen LogP contribution is 2.16. The van der Waals surface area contributed by atoms with Gasteiger partial charge in [0.05, 0.1) is 23.5 Å². The van der Waals surface area contributed by atoms with Crippen molar-refractivity contribution in [2.75, 3.05) is 0 Å². The average molecular weight is 266 g/mol. The predicted molar refractivity (Wildman–Crippen MR) is 73.4 cm³/mol. The van der Waals surface area contributed by atoms with E-state index in [9.17, 15) is 0 Å². The maximum absolute atomic E-state index is 5.96. The first-order chi connectivity index (χ1) is 8.09. The van der Waals surface area contributed by atoms with Gasteiger partial charge in [0.25, 0.3) is 0 Å². The summed E-state index contributed by atoms with van der Waals surface area (Å²) in [5, 5.41) is 4.88. The number of hydrogen-bond donors (Lipinski definition) is 1. The highest BCUT2D eigenvalue weighted by atomic mass is 35.5. The zero-order valence-electron chi connectivity index (χ0n) is 9.35. The van der Waals surface area contributed by atoms with E-state index in [2.05, 4.69) is 5.10 Å². The number of halogens is 1. The van der Waals surface area contributed by atoms with Crippen LogP contribution in [0.2, 0.25) is 5.02 Å². The smallest absolute Gasteiger partial charge is 0.104 e. The molecule has 1 heterocycles. The summed E-state index contributed by atoms with van der Waals surface area (Å²) in [6.07, 6.45) is 1.64. The summed E-state index contributed by atoms with van der Waals surface area (Å²) < 4.78 is 1.83.